The van der Waals surface area contributed by atoms with Crippen LogP contribution in [0.25, 0.3) is 0 Å². The van der Waals surface area contributed by atoms with Crippen LogP contribution in [0.3, 0.4) is 0 Å². The first-order valence-corrected chi connectivity index (χ1v) is 4.53. The smallest absolute Gasteiger partial charge is 0.0417 e. The minimum Gasteiger partial charge on any atom is -0.0651 e. The SMILES string of the molecule is [CH2]C(CC)CCC(C)CC. The maximum atomic E-state index is 4.06. The fourth-order valence-corrected chi connectivity index (χ4v) is 0.928. The van der Waals surface area contributed by atoms with Gasteiger partial charge in [0.1, 0.15) is 0 Å². The second-order valence-electron chi connectivity index (χ2n) is 3.37. The van der Waals surface area contributed by atoms with E-state index >= 15 is 0 Å². The summed E-state index contributed by atoms with van der Waals surface area (Å²) in [4.78, 5) is 0. The highest BCUT2D eigenvalue weighted by atomic mass is 14.1. The maximum Gasteiger partial charge on any atom is -0.0417 e. The van der Waals surface area contributed by atoms with E-state index in [0.29, 0.717) is 5.92 Å². The third kappa shape index (κ3) is 4.84. The molecule has 0 heteroatoms. The normalized spacial score (nSPS) is 16.8. The molecule has 0 aromatic heterocycles. The molecule has 0 spiro atoms. The zero-order valence-corrected chi connectivity index (χ0v) is 7.69. The van der Waals surface area contributed by atoms with E-state index in [1.807, 2.05) is 0 Å². The van der Waals surface area contributed by atoms with E-state index in [0.717, 1.165) is 5.92 Å². The number of hydrogen-bond acceptors (Lipinski definition) is 0. The van der Waals surface area contributed by atoms with Gasteiger partial charge < -0.3 is 0 Å². The fourth-order valence-electron chi connectivity index (χ4n) is 0.928. The Bertz CT molecular complexity index is 56.4. The lowest BCUT2D eigenvalue weighted by Gasteiger charge is -2.11. The van der Waals surface area contributed by atoms with Gasteiger partial charge in [0.15, 0.2) is 0 Å². The van der Waals surface area contributed by atoms with Crippen molar-refractivity contribution in [1.82, 2.24) is 0 Å². The molecule has 2 unspecified atom stereocenters. The Morgan fingerprint density at radius 1 is 1.10 bits per heavy atom. The monoisotopic (exact) mass is 141 g/mol. The highest BCUT2D eigenvalue weighted by Crippen LogP contribution is 2.16. The second-order valence-corrected chi connectivity index (χ2v) is 3.37. The van der Waals surface area contributed by atoms with Crippen LogP contribution in [0.5, 0.6) is 0 Å². The van der Waals surface area contributed by atoms with Crippen molar-refractivity contribution >= 4 is 0 Å². The molecular weight excluding hydrogens is 120 g/mol. The summed E-state index contributed by atoms with van der Waals surface area (Å²) < 4.78 is 0. The summed E-state index contributed by atoms with van der Waals surface area (Å²) in [5, 5.41) is 0. The molecule has 0 aromatic rings. The van der Waals surface area contributed by atoms with Crippen molar-refractivity contribution in [1.29, 1.82) is 0 Å². The summed E-state index contributed by atoms with van der Waals surface area (Å²) in [7, 11) is 0. The topological polar surface area (TPSA) is 0 Å². The predicted molar refractivity (Wildman–Crippen MR) is 47.8 cm³/mol. The molecule has 10 heavy (non-hydrogen) atoms. The minimum atomic E-state index is 0.689. The standard InChI is InChI=1S/C10H21/c1-5-9(3)7-8-10(4)6-2/h9-10H,3,5-8H2,1-2,4H3. The van der Waals surface area contributed by atoms with E-state index < -0.39 is 0 Å². The van der Waals surface area contributed by atoms with Crippen molar-refractivity contribution in [2.24, 2.45) is 11.8 Å². The lowest BCUT2D eigenvalue weighted by molar-refractivity contribution is 0.438. The first-order valence-electron chi connectivity index (χ1n) is 4.53. The van der Waals surface area contributed by atoms with Crippen molar-refractivity contribution < 1.29 is 0 Å². The van der Waals surface area contributed by atoms with Gasteiger partial charge in [0.05, 0.1) is 0 Å². The van der Waals surface area contributed by atoms with Crippen LogP contribution in [-0.2, 0) is 0 Å². The summed E-state index contributed by atoms with van der Waals surface area (Å²) in [5.74, 6) is 1.59. The third-order valence-corrected chi connectivity index (χ3v) is 2.34. The van der Waals surface area contributed by atoms with Crippen LogP contribution in [0.15, 0.2) is 0 Å². The Hall–Kier alpha value is 0. The van der Waals surface area contributed by atoms with E-state index in [9.17, 15) is 0 Å². The van der Waals surface area contributed by atoms with Gasteiger partial charge in [-0.2, -0.15) is 0 Å². The zero-order valence-electron chi connectivity index (χ0n) is 7.69. The fraction of sp³-hybridized carbons (Fsp3) is 0.900. The van der Waals surface area contributed by atoms with Crippen LogP contribution in [0, 0.1) is 18.8 Å². The predicted octanol–water partition coefficient (Wildman–Crippen LogP) is 3.67. The zero-order chi connectivity index (χ0) is 7.98. The highest BCUT2D eigenvalue weighted by Gasteiger charge is 2.02. The van der Waals surface area contributed by atoms with E-state index in [1.54, 1.807) is 0 Å². The van der Waals surface area contributed by atoms with Gasteiger partial charge in [-0.05, 0) is 11.8 Å². The van der Waals surface area contributed by atoms with Gasteiger partial charge in [-0.25, -0.2) is 0 Å². The number of hydrogen-bond donors (Lipinski definition) is 0. The lowest BCUT2D eigenvalue weighted by atomic mass is 9.95. The molecule has 0 amide bonds. The Labute approximate surface area is 66.0 Å². The van der Waals surface area contributed by atoms with Crippen LogP contribution < -0.4 is 0 Å². The molecule has 0 fully saturated rings. The molecular formula is C10H21. The summed E-state index contributed by atoms with van der Waals surface area (Å²) in [6, 6.07) is 0. The first kappa shape index (κ1) is 10.0. The first-order chi connectivity index (χ1) is 4.70. The molecule has 2 atom stereocenters. The number of rotatable bonds is 5. The van der Waals surface area contributed by atoms with Crippen molar-refractivity contribution in [3.63, 3.8) is 0 Å². The molecule has 0 aromatic carbocycles. The lowest BCUT2D eigenvalue weighted by Crippen LogP contribution is -1.98. The molecule has 0 bridgehead atoms. The molecule has 0 aliphatic heterocycles. The van der Waals surface area contributed by atoms with Crippen LogP contribution in [0.2, 0.25) is 0 Å². The van der Waals surface area contributed by atoms with Crippen molar-refractivity contribution in [2.75, 3.05) is 0 Å². The Morgan fingerprint density at radius 3 is 2.10 bits per heavy atom. The van der Waals surface area contributed by atoms with E-state index in [-0.39, 0.29) is 0 Å². The van der Waals surface area contributed by atoms with Gasteiger partial charge >= 0.3 is 0 Å². The van der Waals surface area contributed by atoms with Crippen LogP contribution in [0.1, 0.15) is 46.5 Å². The Kier molecular flexibility index (Phi) is 5.76. The summed E-state index contributed by atoms with van der Waals surface area (Å²) >= 11 is 0. The minimum absolute atomic E-state index is 0.689. The van der Waals surface area contributed by atoms with E-state index in [1.165, 1.54) is 25.7 Å². The van der Waals surface area contributed by atoms with E-state index in [2.05, 4.69) is 27.7 Å². The molecule has 0 heterocycles. The van der Waals surface area contributed by atoms with Crippen LogP contribution in [-0.4, -0.2) is 0 Å². The molecule has 0 rings (SSSR count). The molecule has 0 saturated heterocycles. The molecule has 0 aliphatic carbocycles. The Morgan fingerprint density at radius 2 is 1.70 bits per heavy atom. The summed E-state index contributed by atoms with van der Waals surface area (Å²) in [6.07, 6.45) is 5.22. The van der Waals surface area contributed by atoms with Gasteiger partial charge in [0.2, 0.25) is 0 Å². The quantitative estimate of drug-likeness (QED) is 0.548. The highest BCUT2D eigenvalue weighted by molar-refractivity contribution is 4.60. The van der Waals surface area contributed by atoms with Crippen LogP contribution >= 0.6 is 0 Å². The van der Waals surface area contributed by atoms with Gasteiger partial charge in [-0.3, -0.25) is 0 Å². The molecule has 0 aliphatic rings. The van der Waals surface area contributed by atoms with Gasteiger partial charge in [-0.1, -0.05) is 53.4 Å². The molecule has 61 valence electrons. The Balaban J connectivity index is 3.17. The van der Waals surface area contributed by atoms with E-state index in [4.69, 9.17) is 0 Å². The van der Waals surface area contributed by atoms with Crippen molar-refractivity contribution in [2.45, 2.75) is 46.5 Å². The van der Waals surface area contributed by atoms with Crippen molar-refractivity contribution in [3.8, 4) is 0 Å². The summed E-state index contributed by atoms with van der Waals surface area (Å²) in [6.45, 7) is 10.9. The van der Waals surface area contributed by atoms with Crippen LogP contribution in [0.4, 0.5) is 0 Å². The molecule has 0 N–H and O–H groups in total. The van der Waals surface area contributed by atoms with Gasteiger partial charge in [0, 0.05) is 0 Å². The second kappa shape index (κ2) is 5.76. The average Bonchev–Trinajstić information content (AvgIpc) is 1.99. The van der Waals surface area contributed by atoms with Gasteiger partial charge in [-0.15, -0.1) is 0 Å². The average molecular weight is 141 g/mol. The molecule has 0 nitrogen and oxygen atoms in total. The third-order valence-electron chi connectivity index (χ3n) is 2.34. The van der Waals surface area contributed by atoms with Gasteiger partial charge in [0.25, 0.3) is 0 Å². The van der Waals surface area contributed by atoms with Crippen molar-refractivity contribution in [3.05, 3.63) is 6.92 Å². The maximum absolute atomic E-state index is 4.06. The largest absolute Gasteiger partial charge is 0.0651 e. The molecule has 1 radical (unpaired) electrons. The summed E-state index contributed by atoms with van der Waals surface area (Å²) in [5.41, 5.74) is 0. The molecule has 0 saturated carbocycles.